The predicted molar refractivity (Wildman–Crippen MR) is 72.2 cm³/mol. The first kappa shape index (κ1) is 14.2. The van der Waals surface area contributed by atoms with Crippen molar-refractivity contribution in [1.82, 2.24) is 0 Å². The van der Waals surface area contributed by atoms with Crippen LogP contribution in [0.15, 0.2) is 22.7 Å². The van der Waals surface area contributed by atoms with E-state index in [9.17, 15) is 4.79 Å². The number of ether oxygens (including phenoxy) is 1. The third-order valence-corrected chi connectivity index (χ3v) is 3.10. The van der Waals surface area contributed by atoms with Gasteiger partial charge >= 0.3 is 0 Å². The molecule has 94 valence electrons. The van der Waals surface area contributed by atoms with E-state index in [0.29, 0.717) is 19.4 Å². The number of methoxy groups -OCH3 is 1. The smallest absolute Gasteiger partial charge is 0.137 e. The molecule has 4 heteroatoms. The zero-order valence-electron chi connectivity index (χ0n) is 10.2. The van der Waals surface area contributed by atoms with Crippen LogP contribution in [-0.4, -0.2) is 19.4 Å². The Morgan fingerprint density at radius 3 is 2.82 bits per heavy atom. The lowest BCUT2D eigenvalue weighted by atomic mass is 9.99. The maximum Gasteiger partial charge on any atom is 0.137 e. The van der Waals surface area contributed by atoms with Gasteiger partial charge in [-0.05, 0) is 30.7 Å². The molecule has 17 heavy (non-hydrogen) atoms. The van der Waals surface area contributed by atoms with Crippen molar-refractivity contribution in [2.24, 2.45) is 11.7 Å². The third-order valence-electron chi connectivity index (χ3n) is 2.61. The molecule has 0 saturated carbocycles. The molecule has 1 rings (SSSR count). The van der Waals surface area contributed by atoms with Crippen molar-refractivity contribution in [2.45, 2.75) is 19.8 Å². The van der Waals surface area contributed by atoms with E-state index in [0.717, 1.165) is 15.8 Å². The zero-order valence-corrected chi connectivity index (χ0v) is 11.8. The zero-order chi connectivity index (χ0) is 12.8. The lowest BCUT2D eigenvalue weighted by Gasteiger charge is -2.10. The number of benzene rings is 1. The number of nitrogens with two attached hydrogens (primary N) is 1. The molecule has 0 amide bonds. The molecule has 1 aromatic carbocycles. The summed E-state index contributed by atoms with van der Waals surface area (Å²) < 4.78 is 6.19. The minimum atomic E-state index is 0.194. The maximum absolute atomic E-state index is 11.8. The Morgan fingerprint density at radius 2 is 2.24 bits per heavy atom. The molecule has 0 aliphatic rings. The number of ketones is 1. The summed E-state index contributed by atoms with van der Waals surface area (Å²) in [5.41, 5.74) is 6.42. The van der Waals surface area contributed by atoms with Crippen molar-refractivity contribution in [3.8, 4) is 5.75 Å². The summed E-state index contributed by atoms with van der Waals surface area (Å²) in [5, 5.41) is 0. The van der Waals surface area contributed by atoms with Gasteiger partial charge in [0.15, 0.2) is 0 Å². The molecule has 0 aliphatic heterocycles. The van der Waals surface area contributed by atoms with Gasteiger partial charge in [0.25, 0.3) is 0 Å². The molecule has 0 aliphatic carbocycles. The van der Waals surface area contributed by atoms with Crippen LogP contribution in [-0.2, 0) is 11.2 Å². The fourth-order valence-electron chi connectivity index (χ4n) is 1.64. The molecule has 0 heterocycles. The molecule has 0 bridgehead atoms. The van der Waals surface area contributed by atoms with Gasteiger partial charge in [-0.25, -0.2) is 0 Å². The Kier molecular flexibility index (Phi) is 5.65. The molecule has 2 N–H and O–H groups in total. The van der Waals surface area contributed by atoms with Gasteiger partial charge in [-0.2, -0.15) is 0 Å². The second-order valence-corrected chi connectivity index (χ2v) is 5.13. The van der Waals surface area contributed by atoms with Crippen molar-refractivity contribution < 1.29 is 9.53 Å². The van der Waals surface area contributed by atoms with E-state index in [4.69, 9.17) is 10.5 Å². The standard InChI is InChI=1S/C13H18BrNO2/c1-9(8-15)5-12(16)7-10-6-11(14)3-4-13(10)17-2/h3-4,6,9H,5,7-8,15H2,1-2H3. The SMILES string of the molecule is COc1ccc(Br)cc1CC(=O)CC(C)CN. The molecule has 1 unspecified atom stereocenters. The Morgan fingerprint density at radius 1 is 1.53 bits per heavy atom. The quantitative estimate of drug-likeness (QED) is 0.878. The number of carbonyl (C=O) groups excluding carboxylic acids is 1. The van der Waals surface area contributed by atoms with E-state index in [2.05, 4.69) is 15.9 Å². The van der Waals surface area contributed by atoms with Gasteiger partial charge in [-0.15, -0.1) is 0 Å². The maximum atomic E-state index is 11.8. The number of hydrogen-bond donors (Lipinski definition) is 1. The van der Waals surface area contributed by atoms with Crippen LogP contribution in [0.4, 0.5) is 0 Å². The Labute approximate surface area is 110 Å². The molecule has 0 radical (unpaired) electrons. The summed E-state index contributed by atoms with van der Waals surface area (Å²) in [6.07, 6.45) is 0.916. The highest BCUT2D eigenvalue weighted by Crippen LogP contribution is 2.24. The first-order valence-corrected chi connectivity index (χ1v) is 6.40. The van der Waals surface area contributed by atoms with Gasteiger partial charge in [0.05, 0.1) is 7.11 Å². The lowest BCUT2D eigenvalue weighted by molar-refractivity contribution is -0.119. The van der Waals surface area contributed by atoms with Crippen molar-refractivity contribution in [1.29, 1.82) is 0 Å². The largest absolute Gasteiger partial charge is 0.496 e. The second kappa shape index (κ2) is 6.77. The van der Waals surface area contributed by atoms with Crippen LogP contribution in [0, 0.1) is 5.92 Å². The number of carbonyl (C=O) groups is 1. The van der Waals surface area contributed by atoms with Crippen LogP contribution in [0.3, 0.4) is 0 Å². The van der Waals surface area contributed by atoms with Crippen LogP contribution in [0.5, 0.6) is 5.75 Å². The topological polar surface area (TPSA) is 52.3 Å². The molecule has 1 aromatic rings. The fraction of sp³-hybridized carbons (Fsp3) is 0.462. The van der Waals surface area contributed by atoms with Crippen molar-refractivity contribution in [2.75, 3.05) is 13.7 Å². The highest BCUT2D eigenvalue weighted by molar-refractivity contribution is 9.10. The summed E-state index contributed by atoms with van der Waals surface area (Å²) in [6.45, 7) is 2.53. The van der Waals surface area contributed by atoms with E-state index in [1.165, 1.54) is 0 Å². The molecular weight excluding hydrogens is 282 g/mol. The van der Waals surface area contributed by atoms with Crippen LogP contribution in [0.2, 0.25) is 0 Å². The lowest BCUT2D eigenvalue weighted by Crippen LogP contribution is -2.16. The van der Waals surface area contributed by atoms with Gasteiger partial charge in [0.1, 0.15) is 11.5 Å². The predicted octanol–water partition coefficient (Wildman–Crippen LogP) is 2.55. The number of Topliss-reactive ketones (excluding diaryl/α,β-unsaturated/α-hetero) is 1. The number of rotatable bonds is 6. The third kappa shape index (κ3) is 4.48. The Hall–Kier alpha value is -0.870. The van der Waals surface area contributed by atoms with Gasteiger partial charge in [0.2, 0.25) is 0 Å². The molecular formula is C13H18BrNO2. The average Bonchev–Trinajstić information content (AvgIpc) is 2.29. The Balaban J connectivity index is 2.73. The van der Waals surface area contributed by atoms with Crippen molar-refractivity contribution >= 4 is 21.7 Å². The monoisotopic (exact) mass is 299 g/mol. The van der Waals surface area contributed by atoms with Crippen LogP contribution < -0.4 is 10.5 Å². The summed E-state index contributed by atoms with van der Waals surface area (Å²) in [7, 11) is 1.61. The summed E-state index contributed by atoms with van der Waals surface area (Å²) >= 11 is 3.39. The summed E-state index contributed by atoms with van der Waals surface area (Å²) in [6, 6.07) is 5.68. The average molecular weight is 300 g/mol. The highest BCUT2D eigenvalue weighted by atomic mass is 79.9. The second-order valence-electron chi connectivity index (χ2n) is 4.22. The van der Waals surface area contributed by atoms with Gasteiger partial charge in [-0.1, -0.05) is 22.9 Å². The van der Waals surface area contributed by atoms with E-state index in [1.54, 1.807) is 7.11 Å². The van der Waals surface area contributed by atoms with E-state index in [-0.39, 0.29) is 11.7 Å². The Bertz CT molecular complexity index is 393. The minimum Gasteiger partial charge on any atom is -0.496 e. The van der Waals surface area contributed by atoms with Crippen LogP contribution in [0.1, 0.15) is 18.9 Å². The first-order chi connectivity index (χ1) is 8.06. The van der Waals surface area contributed by atoms with Crippen molar-refractivity contribution in [3.05, 3.63) is 28.2 Å². The molecule has 3 nitrogen and oxygen atoms in total. The van der Waals surface area contributed by atoms with E-state index >= 15 is 0 Å². The molecule has 0 aromatic heterocycles. The van der Waals surface area contributed by atoms with Gasteiger partial charge in [-0.3, -0.25) is 4.79 Å². The molecule has 0 spiro atoms. The van der Waals surface area contributed by atoms with E-state index < -0.39 is 0 Å². The number of hydrogen-bond acceptors (Lipinski definition) is 3. The number of halogens is 1. The summed E-state index contributed by atoms with van der Waals surface area (Å²) in [4.78, 5) is 11.8. The van der Waals surface area contributed by atoms with Crippen molar-refractivity contribution in [3.63, 3.8) is 0 Å². The van der Waals surface area contributed by atoms with E-state index in [1.807, 2.05) is 25.1 Å². The summed E-state index contributed by atoms with van der Waals surface area (Å²) in [5.74, 6) is 1.18. The fourth-order valence-corrected chi connectivity index (χ4v) is 2.05. The highest BCUT2D eigenvalue weighted by Gasteiger charge is 2.12. The van der Waals surface area contributed by atoms with Crippen LogP contribution >= 0.6 is 15.9 Å². The first-order valence-electron chi connectivity index (χ1n) is 5.61. The molecule has 0 saturated heterocycles. The minimum absolute atomic E-state index is 0.194. The normalized spacial score (nSPS) is 12.2. The van der Waals surface area contributed by atoms with Gasteiger partial charge in [0, 0.05) is 22.9 Å². The van der Waals surface area contributed by atoms with Gasteiger partial charge < -0.3 is 10.5 Å². The molecule has 0 fully saturated rings. The molecule has 1 atom stereocenters. The van der Waals surface area contributed by atoms with Crippen LogP contribution in [0.25, 0.3) is 0 Å².